The van der Waals surface area contributed by atoms with Crippen LogP contribution in [0.25, 0.3) is 0 Å². The minimum Gasteiger partial charge on any atom is -0.392 e. The zero-order valence-corrected chi connectivity index (χ0v) is 10.2. The van der Waals surface area contributed by atoms with Crippen LogP contribution >= 0.6 is 12.2 Å². The summed E-state index contributed by atoms with van der Waals surface area (Å²) in [5, 5.41) is 0. The first-order chi connectivity index (χ1) is 7.03. The third kappa shape index (κ3) is 7.83. The molecule has 96 valence electrons. The molecule has 0 rings (SSSR count). The van der Waals surface area contributed by atoms with Crippen LogP contribution in [-0.4, -0.2) is 31.4 Å². The Kier molecular flexibility index (Phi) is 5.63. The lowest BCUT2D eigenvalue weighted by Gasteiger charge is -2.12. The summed E-state index contributed by atoms with van der Waals surface area (Å²) in [4.78, 5) is -0.0561. The van der Waals surface area contributed by atoms with E-state index >= 15 is 0 Å². The van der Waals surface area contributed by atoms with Crippen molar-refractivity contribution in [3.63, 3.8) is 0 Å². The Morgan fingerprint density at radius 2 is 2.00 bits per heavy atom. The molecule has 9 heteroatoms. The van der Waals surface area contributed by atoms with Crippen molar-refractivity contribution in [1.29, 1.82) is 0 Å². The van der Waals surface area contributed by atoms with Gasteiger partial charge in [0.05, 0.1) is 16.8 Å². The average molecular weight is 278 g/mol. The van der Waals surface area contributed by atoms with Gasteiger partial charge in [-0.15, -0.1) is 0 Å². The Morgan fingerprint density at radius 1 is 1.50 bits per heavy atom. The highest BCUT2D eigenvalue weighted by Gasteiger charge is 2.27. The van der Waals surface area contributed by atoms with Gasteiger partial charge in [0.2, 0.25) is 10.0 Å². The van der Waals surface area contributed by atoms with Crippen LogP contribution in [0.3, 0.4) is 0 Å². The predicted molar refractivity (Wildman–Crippen MR) is 58.5 cm³/mol. The first-order valence-electron chi connectivity index (χ1n) is 4.39. The van der Waals surface area contributed by atoms with E-state index in [4.69, 9.17) is 5.73 Å². The van der Waals surface area contributed by atoms with E-state index in [2.05, 4.69) is 16.9 Å². The minimum atomic E-state index is -4.34. The lowest BCUT2D eigenvalue weighted by molar-refractivity contribution is -0.134. The van der Waals surface area contributed by atoms with Crippen LogP contribution < -0.4 is 10.5 Å². The first-order valence-corrected chi connectivity index (χ1v) is 6.45. The van der Waals surface area contributed by atoms with Crippen molar-refractivity contribution in [2.75, 3.05) is 5.75 Å². The van der Waals surface area contributed by atoms with Crippen molar-refractivity contribution in [1.82, 2.24) is 4.72 Å². The molecule has 0 aliphatic rings. The molecule has 0 bridgehead atoms. The quantitative estimate of drug-likeness (QED) is 0.709. The van der Waals surface area contributed by atoms with Gasteiger partial charge in [-0.2, -0.15) is 13.2 Å². The van der Waals surface area contributed by atoms with Crippen LogP contribution in [0, 0.1) is 0 Å². The summed E-state index contributed by atoms with van der Waals surface area (Å²) >= 11 is 4.53. The fourth-order valence-corrected chi connectivity index (χ4v) is 2.29. The van der Waals surface area contributed by atoms with E-state index in [9.17, 15) is 21.6 Å². The summed E-state index contributed by atoms with van der Waals surface area (Å²) in [6, 6.07) is -0.758. The Morgan fingerprint density at radius 3 is 2.38 bits per heavy atom. The molecule has 0 aromatic carbocycles. The molecule has 1 atom stereocenters. The molecule has 0 radical (unpaired) electrons. The number of hydrogen-bond donors (Lipinski definition) is 2. The van der Waals surface area contributed by atoms with Crippen LogP contribution in [0.5, 0.6) is 0 Å². The van der Waals surface area contributed by atoms with E-state index in [-0.39, 0.29) is 4.99 Å². The third-order valence-electron chi connectivity index (χ3n) is 1.66. The molecule has 4 nitrogen and oxygen atoms in total. The molecular formula is C7H13F3N2O2S2. The second-order valence-corrected chi connectivity index (χ2v) is 5.62. The molecule has 0 saturated heterocycles. The lowest BCUT2D eigenvalue weighted by atomic mass is 10.3. The standard InChI is InChI=1S/C7H13F3N2O2S2/c1-5(6(11)15)12-16(13,14)4-2-3-7(8,9)10/h5,12H,2-4H2,1H3,(H2,11,15). The van der Waals surface area contributed by atoms with E-state index < -0.39 is 40.8 Å². The Bertz CT molecular complexity index is 340. The van der Waals surface area contributed by atoms with Crippen LogP contribution in [0.1, 0.15) is 19.8 Å². The van der Waals surface area contributed by atoms with Gasteiger partial charge in [0.15, 0.2) is 0 Å². The largest absolute Gasteiger partial charge is 0.392 e. The number of nitrogens with one attached hydrogen (secondary N) is 1. The Hall–Kier alpha value is -0.410. The number of thiocarbonyl (C=S) groups is 1. The molecule has 0 saturated carbocycles. The molecule has 0 fully saturated rings. The highest BCUT2D eigenvalue weighted by Crippen LogP contribution is 2.21. The third-order valence-corrected chi connectivity index (χ3v) is 3.55. The summed E-state index contributed by atoms with van der Waals surface area (Å²) in [5.74, 6) is -0.598. The normalized spacial score (nSPS) is 14.8. The summed E-state index contributed by atoms with van der Waals surface area (Å²) in [6.07, 6.45) is -5.96. The molecule has 16 heavy (non-hydrogen) atoms. The number of nitrogens with two attached hydrogens (primary N) is 1. The van der Waals surface area contributed by atoms with E-state index in [1.807, 2.05) is 0 Å². The number of rotatable bonds is 6. The van der Waals surface area contributed by atoms with Crippen LogP contribution in [-0.2, 0) is 10.0 Å². The first kappa shape index (κ1) is 15.6. The maximum absolute atomic E-state index is 11.8. The second kappa shape index (κ2) is 5.78. The summed E-state index contributed by atoms with van der Waals surface area (Å²) in [5.41, 5.74) is 5.17. The average Bonchev–Trinajstić information content (AvgIpc) is 1.99. The minimum absolute atomic E-state index is 0.0561. The SMILES string of the molecule is CC(NS(=O)(=O)CCCC(F)(F)F)C(N)=S. The molecule has 0 aromatic rings. The van der Waals surface area contributed by atoms with Crippen LogP contribution in [0.15, 0.2) is 0 Å². The second-order valence-electron chi connectivity index (χ2n) is 3.28. The van der Waals surface area contributed by atoms with Gasteiger partial charge in [-0.25, -0.2) is 13.1 Å². The fraction of sp³-hybridized carbons (Fsp3) is 0.857. The summed E-state index contributed by atoms with van der Waals surface area (Å²) in [7, 11) is -3.77. The van der Waals surface area contributed by atoms with Gasteiger partial charge in [-0.05, 0) is 13.3 Å². The van der Waals surface area contributed by atoms with E-state index in [0.29, 0.717) is 0 Å². The zero-order valence-electron chi connectivity index (χ0n) is 8.54. The van der Waals surface area contributed by atoms with Crippen LogP contribution in [0.4, 0.5) is 13.2 Å². The maximum Gasteiger partial charge on any atom is 0.389 e. The topological polar surface area (TPSA) is 72.2 Å². The smallest absolute Gasteiger partial charge is 0.389 e. The molecule has 0 amide bonds. The number of hydrogen-bond acceptors (Lipinski definition) is 3. The molecule has 0 heterocycles. The van der Waals surface area contributed by atoms with Gasteiger partial charge < -0.3 is 5.73 Å². The Balaban J connectivity index is 4.12. The molecule has 0 spiro atoms. The monoisotopic (exact) mass is 278 g/mol. The number of alkyl halides is 3. The summed E-state index contributed by atoms with van der Waals surface area (Å²) < 4.78 is 59.9. The van der Waals surface area contributed by atoms with Gasteiger partial charge in [0.1, 0.15) is 0 Å². The van der Waals surface area contributed by atoms with E-state index in [1.165, 1.54) is 6.92 Å². The fourth-order valence-electron chi connectivity index (χ4n) is 0.849. The predicted octanol–water partition coefficient (Wildman–Crippen LogP) is 0.923. The van der Waals surface area contributed by atoms with Crippen molar-refractivity contribution in [2.45, 2.75) is 32.0 Å². The molecular weight excluding hydrogens is 265 g/mol. The zero-order chi connectivity index (χ0) is 13.0. The number of sulfonamides is 1. The van der Waals surface area contributed by atoms with Crippen molar-refractivity contribution < 1.29 is 21.6 Å². The highest BCUT2D eigenvalue weighted by molar-refractivity contribution is 7.89. The van der Waals surface area contributed by atoms with Gasteiger partial charge in [-0.3, -0.25) is 0 Å². The molecule has 0 aliphatic heterocycles. The number of halogens is 3. The van der Waals surface area contributed by atoms with Gasteiger partial charge in [0.25, 0.3) is 0 Å². The van der Waals surface area contributed by atoms with Crippen LogP contribution in [0.2, 0.25) is 0 Å². The highest BCUT2D eigenvalue weighted by atomic mass is 32.2. The van der Waals surface area contributed by atoms with Gasteiger partial charge in [0, 0.05) is 6.42 Å². The van der Waals surface area contributed by atoms with Crippen molar-refractivity contribution in [3.8, 4) is 0 Å². The van der Waals surface area contributed by atoms with Crippen molar-refractivity contribution >= 4 is 27.2 Å². The molecule has 0 aromatic heterocycles. The van der Waals surface area contributed by atoms with E-state index in [0.717, 1.165) is 0 Å². The molecule has 0 aliphatic carbocycles. The lowest BCUT2D eigenvalue weighted by Crippen LogP contribution is -2.42. The van der Waals surface area contributed by atoms with Gasteiger partial charge in [-0.1, -0.05) is 12.2 Å². The van der Waals surface area contributed by atoms with Crippen molar-refractivity contribution in [2.24, 2.45) is 5.73 Å². The van der Waals surface area contributed by atoms with Gasteiger partial charge >= 0.3 is 6.18 Å². The van der Waals surface area contributed by atoms with Crippen molar-refractivity contribution in [3.05, 3.63) is 0 Å². The molecule has 3 N–H and O–H groups in total. The summed E-state index contributed by atoms with van der Waals surface area (Å²) in [6.45, 7) is 1.42. The van der Waals surface area contributed by atoms with E-state index in [1.54, 1.807) is 0 Å². The Labute approximate surface area is 97.4 Å². The maximum atomic E-state index is 11.8. The molecule has 1 unspecified atom stereocenters.